The number of benzene rings is 2. The summed E-state index contributed by atoms with van der Waals surface area (Å²) in [5, 5.41) is 12.2. The number of nitro groups is 1. The third-order valence-corrected chi connectivity index (χ3v) is 2.32. The quantitative estimate of drug-likeness (QED) is 0.585. The highest BCUT2D eigenvalue weighted by atomic mass is 16.6. The highest BCUT2D eigenvalue weighted by molar-refractivity contribution is 5.95. The molecule has 2 rings (SSSR count). The number of rotatable bonds is 3. The maximum absolute atomic E-state index is 10.8. The van der Waals surface area contributed by atoms with Gasteiger partial charge in [-0.25, -0.2) is 0 Å². The average molecular weight is 216 g/mol. The number of non-ortho nitro benzene ring substituents is 1. The molecule has 0 aliphatic rings. The van der Waals surface area contributed by atoms with Crippen LogP contribution in [0.5, 0.6) is 5.75 Å². The van der Waals surface area contributed by atoms with E-state index < -0.39 is 4.92 Å². The zero-order valence-corrected chi connectivity index (χ0v) is 8.55. The Morgan fingerprint density at radius 2 is 1.88 bits per heavy atom. The second-order valence-corrected chi connectivity index (χ2v) is 3.23. The van der Waals surface area contributed by atoms with Crippen molar-refractivity contribution in [1.82, 2.24) is 0 Å². The second kappa shape index (κ2) is 4.18. The molecule has 0 amide bonds. The van der Waals surface area contributed by atoms with E-state index in [2.05, 4.69) is 6.92 Å². The predicted octanol–water partition coefficient (Wildman–Crippen LogP) is 2.96. The lowest BCUT2D eigenvalue weighted by atomic mass is 10.1. The number of ether oxygens (including phenoxy) is 1. The van der Waals surface area contributed by atoms with Crippen molar-refractivity contribution in [2.75, 3.05) is 6.61 Å². The lowest BCUT2D eigenvalue weighted by molar-refractivity contribution is -0.383. The van der Waals surface area contributed by atoms with Crippen molar-refractivity contribution in [1.29, 1.82) is 0 Å². The summed E-state index contributed by atoms with van der Waals surface area (Å²) >= 11 is 0. The molecule has 0 aliphatic carbocycles. The minimum Gasteiger partial charge on any atom is -0.493 e. The Hall–Kier alpha value is -2.10. The molecule has 0 atom stereocenters. The Morgan fingerprint density at radius 3 is 2.50 bits per heavy atom. The van der Waals surface area contributed by atoms with Crippen LogP contribution in [0.25, 0.3) is 10.8 Å². The summed E-state index contributed by atoms with van der Waals surface area (Å²) in [6.07, 6.45) is 0. The minimum atomic E-state index is -0.393. The van der Waals surface area contributed by atoms with E-state index in [1.165, 1.54) is 6.07 Å². The highest BCUT2D eigenvalue weighted by Crippen LogP contribution is 2.32. The van der Waals surface area contributed by atoms with Crippen molar-refractivity contribution < 1.29 is 9.66 Å². The van der Waals surface area contributed by atoms with Crippen LogP contribution in [0, 0.1) is 17.0 Å². The Bertz CT molecular complexity index is 537. The average Bonchev–Trinajstić information content (AvgIpc) is 2.29. The van der Waals surface area contributed by atoms with Crippen LogP contribution in [-0.4, -0.2) is 11.5 Å². The van der Waals surface area contributed by atoms with Crippen molar-refractivity contribution in [3.05, 3.63) is 53.4 Å². The molecule has 0 heterocycles. The summed E-state index contributed by atoms with van der Waals surface area (Å²) in [6.45, 7) is 3.88. The molecule has 2 aromatic rings. The molecule has 0 saturated carbocycles. The smallest absolute Gasteiger partial charge is 0.277 e. The molecule has 0 spiro atoms. The fourth-order valence-corrected chi connectivity index (χ4v) is 1.65. The van der Waals surface area contributed by atoms with E-state index in [4.69, 9.17) is 4.74 Å². The Kier molecular flexibility index (Phi) is 2.72. The molecule has 0 saturated heterocycles. The lowest BCUT2D eigenvalue weighted by Gasteiger charge is -2.07. The summed E-state index contributed by atoms with van der Waals surface area (Å²) in [5.41, 5.74) is 0.0898. The van der Waals surface area contributed by atoms with Gasteiger partial charge < -0.3 is 4.74 Å². The van der Waals surface area contributed by atoms with Crippen molar-refractivity contribution in [2.24, 2.45) is 0 Å². The van der Waals surface area contributed by atoms with Gasteiger partial charge in [-0.05, 0) is 19.1 Å². The van der Waals surface area contributed by atoms with Crippen LogP contribution < -0.4 is 4.74 Å². The molecule has 1 radical (unpaired) electrons. The fraction of sp³-hybridized carbons (Fsp3) is 0.0833. The van der Waals surface area contributed by atoms with E-state index in [9.17, 15) is 10.1 Å². The standard InChI is InChI=1S/C12H10NO3/c1-2-16-12-8-7-11(13(14)15)9-5-3-4-6-10(9)12/h3-8H,1-2H2. The first kappa shape index (κ1) is 10.4. The third kappa shape index (κ3) is 1.69. The van der Waals surface area contributed by atoms with Crippen molar-refractivity contribution >= 4 is 16.5 Å². The number of fused-ring (bicyclic) bond motifs is 1. The molecular weight excluding hydrogens is 206 g/mol. The highest BCUT2D eigenvalue weighted by Gasteiger charge is 2.13. The number of hydrogen-bond donors (Lipinski definition) is 0. The van der Waals surface area contributed by atoms with Gasteiger partial charge in [-0.2, -0.15) is 0 Å². The predicted molar refractivity (Wildman–Crippen MR) is 61.5 cm³/mol. The number of hydrogen-bond acceptors (Lipinski definition) is 3. The molecule has 16 heavy (non-hydrogen) atoms. The Morgan fingerprint density at radius 1 is 1.19 bits per heavy atom. The van der Waals surface area contributed by atoms with Gasteiger partial charge in [-0.15, -0.1) is 0 Å². The van der Waals surface area contributed by atoms with Crippen LogP contribution in [0.15, 0.2) is 36.4 Å². The van der Waals surface area contributed by atoms with Gasteiger partial charge in [0, 0.05) is 11.5 Å². The van der Waals surface area contributed by atoms with Gasteiger partial charge in [0.1, 0.15) is 5.75 Å². The summed E-state index contributed by atoms with van der Waals surface area (Å²) in [5.74, 6) is 0.621. The van der Waals surface area contributed by atoms with Crippen LogP contribution in [0.1, 0.15) is 0 Å². The second-order valence-electron chi connectivity index (χ2n) is 3.23. The van der Waals surface area contributed by atoms with Gasteiger partial charge in [0.25, 0.3) is 5.69 Å². The normalized spacial score (nSPS) is 10.3. The Balaban J connectivity index is 2.71. The number of nitro benzene ring substituents is 1. The molecule has 4 heteroatoms. The van der Waals surface area contributed by atoms with E-state index in [1.807, 2.05) is 6.07 Å². The first-order valence-electron chi connectivity index (χ1n) is 4.82. The lowest BCUT2D eigenvalue weighted by Crippen LogP contribution is -1.95. The first-order chi connectivity index (χ1) is 7.74. The Labute approximate surface area is 92.6 Å². The van der Waals surface area contributed by atoms with E-state index in [0.717, 1.165) is 5.39 Å². The van der Waals surface area contributed by atoms with Crippen LogP contribution >= 0.6 is 0 Å². The topological polar surface area (TPSA) is 52.4 Å². The molecular formula is C12H10NO3. The van der Waals surface area contributed by atoms with Gasteiger partial charge in [0.05, 0.1) is 16.9 Å². The zero-order valence-electron chi connectivity index (χ0n) is 8.55. The molecule has 0 bridgehead atoms. The third-order valence-electron chi connectivity index (χ3n) is 2.32. The van der Waals surface area contributed by atoms with Crippen molar-refractivity contribution in [2.45, 2.75) is 0 Å². The van der Waals surface area contributed by atoms with Crippen LogP contribution in [-0.2, 0) is 0 Å². The number of nitrogens with zero attached hydrogens (tertiary/aromatic N) is 1. The summed E-state index contributed by atoms with van der Waals surface area (Å²) in [7, 11) is 0. The van der Waals surface area contributed by atoms with Gasteiger partial charge >= 0.3 is 0 Å². The van der Waals surface area contributed by atoms with Crippen LogP contribution in [0.3, 0.4) is 0 Å². The molecule has 0 fully saturated rings. The van der Waals surface area contributed by atoms with E-state index in [-0.39, 0.29) is 5.69 Å². The maximum atomic E-state index is 10.8. The van der Waals surface area contributed by atoms with Crippen LogP contribution in [0.2, 0.25) is 0 Å². The molecule has 81 valence electrons. The summed E-state index contributed by atoms with van der Waals surface area (Å²) in [4.78, 5) is 10.4. The van der Waals surface area contributed by atoms with Gasteiger partial charge in [0.15, 0.2) is 0 Å². The molecule has 0 unspecified atom stereocenters. The zero-order chi connectivity index (χ0) is 11.5. The molecule has 4 nitrogen and oxygen atoms in total. The largest absolute Gasteiger partial charge is 0.493 e. The fourth-order valence-electron chi connectivity index (χ4n) is 1.65. The van der Waals surface area contributed by atoms with Crippen molar-refractivity contribution in [3.63, 3.8) is 0 Å². The van der Waals surface area contributed by atoms with E-state index in [1.54, 1.807) is 24.3 Å². The van der Waals surface area contributed by atoms with E-state index >= 15 is 0 Å². The van der Waals surface area contributed by atoms with Crippen LogP contribution in [0.4, 0.5) is 5.69 Å². The molecule has 0 aromatic heterocycles. The van der Waals surface area contributed by atoms with Gasteiger partial charge in [0.2, 0.25) is 0 Å². The summed E-state index contributed by atoms with van der Waals surface area (Å²) in [6, 6.07) is 10.2. The van der Waals surface area contributed by atoms with E-state index in [0.29, 0.717) is 17.7 Å². The minimum absolute atomic E-state index is 0.0898. The van der Waals surface area contributed by atoms with Gasteiger partial charge in [-0.3, -0.25) is 10.1 Å². The maximum Gasteiger partial charge on any atom is 0.277 e. The summed E-state index contributed by atoms with van der Waals surface area (Å²) < 4.78 is 5.32. The molecule has 2 aromatic carbocycles. The molecule has 0 aliphatic heterocycles. The first-order valence-corrected chi connectivity index (χ1v) is 4.82. The van der Waals surface area contributed by atoms with Gasteiger partial charge in [-0.1, -0.05) is 18.2 Å². The van der Waals surface area contributed by atoms with Crippen molar-refractivity contribution in [3.8, 4) is 5.75 Å². The monoisotopic (exact) mass is 216 g/mol. The molecule has 0 N–H and O–H groups in total. The SMILES string of the molecule is [CH2]COc1ccc([N+](=O)[O-])c2ccccc12.